The van der Waals surface area contributed by atoms with E-state index in [-0.39, 0.29) is 17.9 Å². The van der Waals surface area contributed by atoms with Crippen molar-refractivity contribution in [2.45, 2.75) is 83.5 Å². The molecular weight excluding hydrogens is 568 g/mol. The van der Waals surface area contributed by atoms with E-state index < -0.39 is 8.07 Å². The third kappa shape index (κ3) is 6.67. The summed E-state index contributed by atoms with van der Waals surface area (Å²) < 4.78 is 8.41. The van der Waals surface area contributed by atoms with Crippen molar-refractivity contribution in [2.75, 3.05) is 13.2 Å². The molecule has 1 aliphatic heterocycles. The first-order chi connectivity index (χ1) is 21.3. The number of carbonyl (C=O) groups is 2. The average Bonchev–Trinajstić information content (AvgIpc) is 3.51. The van der Waals surface area contributed by atoms with E-state index in [1.807, 2.05) is 30.5 Å². The minimum absolute atomic E-state index is 0.193. The molecule has 10 heteroatoms. The molecule has 1 aliphatic carbocycles. The van der Waals surface area contributed by atoms with E-state index in [2.05, 4.69) is 51.5 Å². The first-order valence-electron chi connectivity index (χ1n) is 15.8. The summed E-state index contributed by atoms with van der Waals surface area (Å²) in [6.45, 7) is 9.81. The number of ether oxygens (including phenoxy) is 1. The third-order valence-corrected chi connectivity index (χ3v) is 10.5. The number of nitrogens with zero attached hydrogens (tertiary/aromatic N) is 5. The largest absolute Gasteiger partial charge is 0.361 e. The third-order valence-electron chi connectivity index (χ3n) is 8.76. The Kier molecular flexibility index (Phi) is 9.02. The quantitative estimate of drug-likeness (QED) is 0.114. The lowest BCUT2D eigenvalue weighted by Crippen LogP contribution is -2.33. The molecule has 1 atom stereocenters. The lowest BCUT2D eigenvalue weighted by atomic mass is 9.90. The van der Waals surface area contributed by atoms with Gasteiger partial charge in [-0.3, -0.25) is 24.8 Å². The molecular formula is C34H42N6O3Si. The van der Waals surface area contributed by atoms with Crippen LogP contribution in [-0.4, -0.2) is 57.5 Å². The molecule has 3 aromatic heterocycles. The number of fused-ring (bicyclic) bond motifs is 3. The van der Waals surface area contributed by atoms with E-state index in [1.54, 1.807) is 12.3 Å². The van der Waals surface area contributed by atoms with Crippen LogP contribution >= 0.6 is 0 Å². The van der Waals surface area contributed by atoms with Gasteiger partial charge in [0.15, 0.2) is 5.65 Å². The standard InChI is InChI=1S/C34H42N6O3Si/c1-44(2,3)21-20-43-23-40-28-16-9-18-36-32(28)37-29(40)22-39(27-15-7-12-25-13-8-17-35-31(25)27)19-5-4-10-24-11-6-14-26-30(24)34(42)38-33(26)41/h6,8-9,11,13-14,16-18,27H,4-5,7,10,12,15,19-23H2,1-3H3,(H,38,41,42). The normalized spacial score (nSPS) is 16.4. The molecule has 4 aromatic rings. The van der Waals surface area contributed by atoms with Gasteiger partial charge in [-0.2, -0.15) is 0 Å². The van der Waals surface area contributed by atoms with E-state index in [1.165, 1.54) is 11.3 Å². The second kappa shape index (κ2) is 13.1. The highest BCUT2D eigenvalue weighted by atomic mass is 28.3. The van der Waals surface area contributed by atoms with Crippen molar-refractivity contribution < 1.29 is 14.3 Å². The van der Waals surface area contributed by atoms with Crippen LogP contribution in [0.15, 0.2) is 54.9 Å². The van der Waals surface area contributed by atoms with Gasteiger partial charge in [0, 0.05) is 27.1 Å². The zero-order chi connectivity index (χ0) is 30.7. The summed E-state index contributed by atoms with van der Waals surface area (Å²) >= 11 is 0. The zero-order valence-corrected chi connectivity index (χ0v) is 27.0. The maximum absolute atomic E-state index is 12.4. The summed E-state index contributed by atoms with van der Waals surface area (Å²) in [4.78, 5) is 41.6. The highest BCUT2D eigenvalue weighted by Crippen LogP contribution is 2.34. The Balaban J connectivity index is 1.22. The fourth-order valence-corrected chi connectivity index (χ4v) is 7.16. The van der Waals surface area contributed by atoms with E-state index in [0.29, 0.717) is 24.4 Å². The van der Waals surface area contributed by atoms with Crippen molar-refractivity contribution in [1.82, 2.24) is 29.7 Å². The number of unbranched alkanes of at least 4 members (excludes halogenated alkanes) is 1. The Morgan fingerprint density at radius 2 is 1.86 bits per heavy atom. The molecule has 0 saturated carbocycles. The number of rotatable bonds is 13. The van der Waals surface area contributed by atoms with Crippen LogP contribution in [0.3, 0.4) is 0 Å². The molecule has 6 rings (SSSR count). The number of benzene rings is 1. The number of pyridine rings is 2. The minimum atomic E-state index is -1.20. The average molecular weight is 611 g/mol. The first kappa shape index (κ1) is 30.3. The Morgan fingerprint density at radius 1 is 1.02 bits per heavy atom. The molecule has 0 fully saturated rings. The van der Waals surface area contributed by atoms with Crippen molar-refractivity contribution in [3.05, 3.63) is 88.6 Å². The van der Waals surface area contributed by atoms with Gasteiger partial charge >= 0.3 is 0 Å². The van der Waals surface area contributed by atoms with Gasteiger partial charge in [-0.25, -0.2) is 9.97 Å². The summed E-state index contributed by atoms with van der Waals surface area (Å²) in [7, 11) is -1.20. The van der Waals surface area contributed by atoms with Crippen LogP contribution in [-0.2, 0) is 30.9 Å². The summed E-state index contributed by atoms with van der Waals surface area (Å²) in [5.74, 6) is 0.362. The molecule has 1 N–H and O–H groups in total. The predicted molar refractivity (Wildman–Crippen MR) is 173 cm³/mol. The van der Waals surface area contributed by atoms with Crippen LogP contribution < -0.4 is 5.32 Å². The fraction of sp³-hybridized carbons (Fsp3) is 0.441. The second-order valence-corrected chi connectivity index (χ2v) is 18.8. The van der Waals surface area contributed by atoms with E-state index in [0.717, 1.165) is 80.3 Å². The van der Waals surface area contributed by atoms with E-state index >= 15 is 0 Å². The van der Waals surface area contributed by atoms with Crippen molar-refractivity contribution in [1.29, 1.82) is 0 Å². The van der Waals surface area contributed by atoms with Gasteiger partial charge in [-0.1, -0.05) is 37.8 Å². The summed E-state index contributed by atoms with van der Waals surface area (Å²) in [5.41, 5.74) is 6.18. The van der Waals surface area contributed by atoms with E-state index in [4.69, 9.17) is 14.7 Å². The van der Waals surface area contributed by atoms with Gasteiger partial charge in [0.1, 0.15) is 12.6 Å². The van der Waals surface area contributed by atoms with Crippen molar-refractivity contribution in [3.8, 4) is 0 Å². The van der Waals surface area contributed by atoms with Crippen LogP contribution in [0, 0.1) is 0 Å². The minimum Gasteiger partial charge on any atom is -0.361 e. The van der Waals surface area contributed by atoms with Crippen LogP contribution in [0.25, 0.3) is 11.2 Å². The number of hydrogen-bond donors (Lipinski definition) is 1. The number of imidazole rings is 1. The number of hydrogen-bond acceptors (Lipinski definition) is 7. The van der Waals surface area contributed by atoms with Gasteiger partial charge in [0.05, 0.1) is 34.9 Å². The summed E-state index contributed by atoms with van der Waals surface area (Å²) in [5, 5.41) is 2.44. The van der Waals surface area contributed by atoms with Gasteiger partial charge < -0.3 is 9.30 Å². The number of aromatic nitrogens is 4. The molecule has 2 aliphatic rings. The molecule has 230 valence electrons. The number of nitrogens with one attached hydrogen (secondary N) is 1. The van der Waals surface area contributed by atoms with Gasteiger partial charge in [-0.05, 0) is 86.5 Å². The van der Waals surface area contributed by atoms with Gasteiger partial charge in [0.2, 0.25) is 0 Å². The predicted octanol–water partition coefficient (Wildman–Crippen LogP) is 5.92. The smallest absolute Gasteiger partial charge is 0.259 e. The first-order valence-corrected chi connectivity index (χ1v) is 19.5. The lowest BCUT2D eigenvalue weighted by molar-refractivity contribution is 0.0829. The Labute approximate surface area is 260 Å². The number of amides is 2. The number of imide groups is 1. The second-order valence-electron chi connectivity index (χ2n) is 13.2. The SMILES string of the molecule is C[Si](C)(C)CCOCn1c(CN(CCCCc2cccc3c2C(=O)NC3=O)C2CCCc3cccnc32)nc2ncccc21. The lowest BCUT2D eigenvalue weighted by Gasteiger charge is -2.35. The molecule has 0 spiro atoms. The number of aryl methyl sites for hydroxylation is 2. The molecule has 9 nitrogen and oxygen atoms in total. The van der Waals surface area contributed by atoms with Crippen molar-refractivity contribution >= 4 is 31.1 Å². The van der Waals surface area contributed by atoms with Crippen LogP contribution in [0.1, 0.15) is 75.1 Å². The highest BCUT2D eigenvalue weighted by molar-refractivity contribution is 6.76. The molecule has 0 saturated heterocycles. The maximum Gasteiger partial charge on any atom is 0.259 e. The maximum atomic E-state index is 12.4. The zero-order valence-electron chi connectivity index (χ0n) is 26.0. The topological polar surface area (TPSA) is 102 Å². The summed E-state index contributed by atoms with van der Waals surface area (Å²) in [6, 6.07) is 15.1. The Bertz CT molecular complexity index is 1660. The number of carbonyl (C=O) groups excluding carboxylic acids is 2. The fourth-order valence-electron chi connectivity index (χ4n) is 6.40. The molecule has 1 unspecified atom stereocenters. The van der Waals surface area contributed by atoms with Crippen LogP contribution in [0.4, 0.5) is 0 Å². The highest BCUT2D eigenvalue weighted by Gasteiger charge is 2.30. The van der Waals surface area contributed by atoms with Crippen LogP contribution in [0.2, 0.25) is 25.7 Å². The van der Waals surface area contributed by atoms with Crippen LogP contribution in [0.5, 0.6) is 0 Å². The molecule has 44 heavy (non-hydrogen) atoms. The molecule has 4 heterocycles. The molecule has 0 bridgehead atoms. The van der Waals surface area contributed by atoms with Crippen molar-refractivity contribution in [2.24, 2.45) is 0 Å². The molecule has 1 aromatic carbocycles. The van der Waals surface area contributed by atoms with Crippen molar-refractivity contribution in [3.63, 3.8) is 0 Å². The van der Waals surface area contributed by atoms with E-state index in [9.17, 15) is 9.59 Å². The van der Waals surface area contributed by atoms with Gasteiger partial charge in [0.25, 0.3) is 11.8 Å². The Morgan fingerprint density at radius 3 is 2.73 bits per heavy atom. The monoisotopic (exact) mass is 610 g/mol. The molecule has 2 amide bonds. The molecule has 0 radical (unpaired) electrons. The summed E-state index contributed by atoms with van der Waals surface area (Å²) in [6.07, 6.45) is 9.50. The Hall–Kier alpha value is -3.73. The van der Waals surface area contributed by atoms with Gasteiger partial charge in [-0.15, -0.1) is 0 Å².